The second-order valence-corrected chi connectivity index (χ2v) is 5.70. The SMILES string of the molecule is CC(C)CN(C)CC(O)c1cccc2ccccc12. The van der Waals surface area contributed by atoms with Crippen molar-refractivity contribution in [3.8, 4) is 0 Å². The van der Waals surface area contributed by atoms with Gasteiger partial charge in [0, 0.05) is 13.1 Å². The van der Waals surface area contributed by atoms with Crippen molar-refractivity contribution in [2.24, 2.45) is 5.92 Å². The van der Waals surface area contributed by atoms with Crippen LogP contribution in [-0.2, 0) is 0 Å². The van der Waals surface area contributed by atoms with Crippen molar-refractivity contribution in [2.75, 3.05) is 20.1 Å². The molecule has 19 heavy (non-hydrogen) atoms. The first-order valence-corrected chi connectivity index (χ1v) is 6.92. The summed E-state index contributed by atoms with van der Waals surface area (Å²) in [6.07, 6.45) is -0.435. The van der Waals surface area contributed by atoms with Gasteiger partial charge in [-0.15, -0.1) is 0 Å². The van der Waals surface area contributed by atoms with E-state index in [0.29, 0.717) is 12.5 Å². The Morgan fingerprint density at radius 1 is 1.00 bits per heavy atom. The first-order valence-electron chi connectivity index (χ1n) is 6.92. The maximum atomic E-state index is 10.5. The van der Waals surface area contributed by atoms with Gasteiger partial charge in [0.05, 0.1) is 6.10 Å². The minimum atomic E-state index is -0.435. The van der Waals surface area contributed by atoms with Crippen LogP contribution in [0.4, 0.5) is 0 Å². The number of benzene rings is 2. The first-order chi connectivity index (χ1) is 9.08. The summed E-state index contributed by atoms with van der Waals surface area (Å²) in [7, 11) is 2.06. The van der Waals surface area contributed by atoms with E-state index in [1.54, 1.807) is 0 Å². The van der Waals surface area contributed by atoms with Gasteiger partial charge in [-0.3, -0.25) is 0 Å². The highest BCUT2D eigenvalue weighted by molar-refractivity contribution is 5.85. The van der Waals surface area contributed by atoms with Crippen molar-refractivity contribution < 1.29 is 5.11 Å². The fourth-order valence-electron chi connectivity index (χ4n) is 2.63. The van der Waals surface area contributed by atoms with Crippen molar-refractivity contribution >= 4 is 10.8 Å². The molecule has 1 N–H and O–H groups in total. The van der Waals surface area contributed by atoms with Gasteiger partial charge < -0.3 is 10.0 Å². The molecule has 2 rings (SSSR count). The van der Waals surface area contributed by atoms with E-state index in [0.717, 1.165) is 17.5 Å². The standard InChI is InChI=1S/C17H23NO/c1-13(2)11-18(3)12-17(19)16-10-6-8-14-7-4-5-9-15(14)16/h4-10,13,17,19H,11-12H2,1-3H3. The van der Waals surface area contributed by atoms with Gasteiger partial charge in [-0.2, -0.15) is 0 Å². The molecule has 1 unspecified atom stereocenters. The van der Waals surface area contributed by atoms with Gasteiger partial charge in [-0.1, -0.05) is 56.3 Å². The van der Waals surface area contributed by atoms with Gasteiger partial charge in [0.1, 0.15) is 0 Å². The molecule has 102 valence electrons. The van der Waals surface area contributed by atoms with Gasteiger partial charge in [0.25, 0.3) is 0 Å². The Labute approximate surface area is 115 Å². The zero-order valence-corrected chi connectivity index (χ0v) is 12.0. The van der Waals surface area contributed by atoms with Gasteiger partial charge in [-0.05, 0) is 29.3 Å². The highest BCUT2D eigenvalue weighted by atomic mass is 16.3. The first kappa shape index (κ1) is 14.0. The van der Waals surface area contributed by atoms with Crippen molar-refractivity contribution in [3.05, 3.63) is 48.0 Å². The van der Waals surface area contributed by atoms with Crippen LogP contribution in [0.15, 0.2) is 42.5 Å². The number of hydrogen-bond donors (Lipinski definition) is 1. The molecule has 0 aliphatic carbocycles. The van der Waals surface area contributed by atoms with Gasteiger partial charge in [0.2, 0.25) is 0 Å². The smallest absolute Gasteiger partial charge is 0.0922 e. The molecule has 0 bridgehead atoms. The van der Waals surface area contributed by atoms with E-state index >= 15 is 0 Å². The molecule has 2 aromatic carbocycles. The lowest BCUT2D eigenvalue weighted by Gasteiger charge is -2.23. The highest BCUT2D eigenvalue weighted by Crippen LogP contribution is 2.24. The van der Waals surface area contributed by atoms with E-state index in [1.807, 2.05) is 24.3 Å². The Morgan fingerprint density at radius 3 is 2.42 bits per heavy atom. The summed E-state index contributed by atoms with van der Waals surface area (Å²) in [6.45, 7) is 6.07. The number of hydrogen-bond acceptors (Lipinski definition) is 2. The minimum absolute atomic E-state index is 0.435. The average molecular weight is 257 g/mol. The summed E-state index contributed by atoms with van der Waals surface area (Å²) in [5.74, 6) is 0.615. The van der Waals surface area contributed by atoms with Crippen LogP contribution in [0.2, 0.25) is 0 Å². The summed E-state index contributed by atoms with van der Waals surface area (Å²) in [5, 5.41) is 12.8. The number of nitrogens with zero attached hydrogens (tertiary/aromatic N) is 1. The zero-order valence-electron chi connectivity index (χ0n) is 12.0. The molecule has 2 aromatic rings. The summed E-state index contributed by atoms with van der Waals surface area (Å²) in [5.41, 5.74) is 1.02. The molecule has 0 fully saturated rings. The van der Waals surface area contributed by atoms with Crippen molar-refractivity contribution in [2.45, 2.75) is 20.0 Å². The van der Waals surface area contributed by atoms with Crippen LogP contribution in [0.3, 0.4) is 0 Å². The predicted molar refractivity (Wildman–Crippen MR) is 81.2 cm³/mol. The predicted octanol–water partition coefficient (Wildman–Crippen LogP) is 3.46. The van der Waals surface area contributed by atoms with E-state index < -0.39 is 6.10 Å². The summed E-state index contributed by atoms with van der Waals surface area (Å²) in [4.78, 5) is 2.19. The fraction of sp³-hybridized carbons (Fsp3) is 0.412. The second kappa shape index (κ2) is 6.18. The van der Waals surface area contributed by atoms with E-state index in [-0.39, 0.29) is 0 Å². The largest absolute Gasteiger partial charge is 0.387 e. The Hall–Kier alpha value is -1.38. The van der Waals surface area contributed by atoms with Crippen LogP contribution >= 0.6 is 0 Å². The monoisotopic (exact) mass is 257 g/mol. The molecule has 0 spiro atoms. The molecule has 2 nitrogen and oxygen atoms in total. The molecular formula is C17H23NO. The van der Waals surface area contributed by atoms with Crippen LogP contribution in [0, 0.1) is 5.92 Å². The fourth-order valence-corrected chi connectivity index (χ4v) is 2.63. The quantitative estimate of drug-likeness (QED) is 0.886. The molecule has 2 heteroatoms. The molecule has 1 atom stereocenters. The Kier molecular flexibility index (Phi) is 4.56. The summed E-state index contributed by atoms with van der Waals surface area (Å²) >= 11 is 0. The third-order valence-electron chi connectivity index (χ3n) is 3.34. The third-order valence-corrected chi connectivity index (χ3v) is 3.34. The second-order valence-electron chi connectivity index (χ2n) is 5.70. The Balaban J connectivity index is 2.19. The van der Waals surface area contributed by atoms with E-state index in [4.69, 9.17) is 0 Å². The lowest BCUT2D eigenvalue weighted by atomic mass is 10.00. The molecule has 0 amide bonds. The normalized spacial score (nSPS) is 13.4. The van der Waals surface area contributed by atoms with Crippen LogP contribution in [0.1, 0.15) is 25.5 Å². The van der Waals surface area contributed by atoms with Crippen LogP contribution in [0.5, 0.6) is 0 Å². The average Bonchev–Trinajstić information content (AvgIpc) is 2.36. The topological polar surface area (TPSA) is 23.5 Å². The van der Waals surface area contributed by atoms with Crippen LogP contribution in [-0.4, -0.2) is 30.1 Å². The molecule has 0 aliphatic heterocycles. The summed E-state index contributed by atoms with van der Waals surface area (Å²) < 4.78 is 0. The van der Waals surface area contributed by atoms with Gasteiger partial charge in [-0.25, -0.2) is 0 Å². The van der Waals surface area contributed by atoms with Crippen LogP contribution in [0.25, 0.3) is 10.8 Å². The molecule has 0 saturated heterocycles. The number of aliphatic hydroxyl groups excluding tert-OH is 1. The van der Waals surface area contributed by atoms with Crippen LogP contribution < -0.4 is 0 Å². The maximum Gasteiger partial charge on any atom is 0.0922 e. The van der Waals surface area contributed by atoms with Gasteiger partial charge in [0.15, 0.2) is 0 Å². The number of fused-ring (bicyclic) bond motifs is 1. The lowest BCUT2D eigenvalue weighted by Crippen LogP contribution is -2.28. The summed E-state index contributed by atoms with van der Waals surface area (Å²) in [6, 6.07) is 14.3. The Morgan fingerprint density at radius 2 is 1.68 bits per heavy atom. The molecule has 0 aromatic heterocycles. The van der Waals surface area contributed by atoms with E-state index in [9.17, 15) is 5.11 Å². The van der Waals surface area contributed by atoms with Crippen molar-refractivity contribution in [1.29, 1.82) is 0 Å². The third kappa shape index (κ3) is 3.55. The highest BCUT2D eigenvalue weighted by Gasteiger charge is 2.13. The lowest BCUT2D eigenvalue weighted by molar-refractivity contribution is 0.122. The van der Waals surface area contributed by atoms with E-state index in [1.165, 1.54) is 5.39 Å². The molecule has 0 saturated carbocycles. The minimum Gasteiger partial charge on any atom is -0.387 e. The molecule has 0 radical (unpaired) electrons. The maximum absolute atomic E-state index is 10.5. The molecule has 0 aliphatic rings. The van der Waals surface area contributed by atoms with Crippen molar-refractivity contribution in [1.82, 2.24) is 4.90 Å². The number of aliphatic hydroxyl groups is 1. The van der Waals surface area contributed by atoms with Crippen molar-refractivity contribution in [3.63, 3.8) is 0 Å². The number of rotatable bonds is 5. The zero-order chi connectivity index (χ0) is 13.8. The molecular weight excluding hydrogens is 234 g/mol. The van der Waals surface area contributed by atoms with E-state index in [2.05, 4.69) is 44.0 Å². The number of likely N-dealkylation sites (N-methyl/N-ethyl adjacent to an activating group) is 1. The van der Waals surface area contributed by atoms with Gasteiger partial charge >= 0.3 is 0 Å². The molecule has 0 heterocycles. The Bertz CT molecular complexity index is 530.